The molecule has 0 unspecified atom stereocenters. The Hall–Kier alpha value is -2.58. The van der Waals surface area contributed by atoms with Crippen LogP contribution >= 0.6 is 11.6 Å². The molecule has 0 saturated heterocycles. The van der Waals surface area contributed by atoms with E-state index < -0.39 is 0 Å². The van der Waals surface area contributed by atoms with Crippen molar-refractivity contribution >= 4 is 28.7 Å². The van der Waals surface area contributed by atoms with Gasteiger partial charge in [0.2, 0.25) is 5.69 Å². The molecule has 154 valence electrons. The maximum Gasteiger partial charge on any atom is 0.209 e. The van der Waals surface area contributed by atoms with E-state index in [-0.39, 0.29) is 5.41 Å². The highest BCUT2D eigenvalue weighted by Gasteiger charge is 2.43. The smallest absolute Gasteiger partial charge is 0.209 e. The van der Waals surface area contributed by atoms with Gasteiger partial charge in [0.25, 0.3) is 0 Å². The third-order valence-corrected chi connectivity index (χ3v) is 6.32. The molecular formula is C27H30ClN2+. The number of nitrogens with one attached hydrogen (secondary N) is 1. The number of anilines is 1. The molecule has 0 spiro atoms. The summed E-state index contributed by atoms with van der Waals surface area (Å²) < 4.78 is 2.47. The largest absolute Gasteiger partial charge is 0.358 e. The van der Waals surface area contributed by atoms with Crippen LogP contribution in [0, 0.1) is 0 Å². The quantitative estimate of drug-likeness (QED) is 0.391. The lowest BCUT2D eigenvalue weighted by Gasteiger charge is -2.15. The SMILES string of the molecule is CCCC[N+]1=C(C=CC(Cl)=CC=C2Cc3ccccc3N2)C(C)(C)c2ccccc21. The topological polar surface area (TPSA) is 15.0 Å². The minimum absolute atomic E-state index is 0.0366. The van der Waals surface area contributed by atoms with Crippen LogP contribution in [0.15, 0.2) is 83.6 Å². The predicted molar refractivity (Wildman–Crippen MR) is 129 cm³/mol. The van der Waals surface area contributed by atoms with Crippen LogP contribution in [0.3, 0.4) is 0 Å². The van der Waals surface area contributed by atoms with E-state index in [0.29, 0.717) is 0 Å². The second kappa shape index (κ2) is 8.65. The predicted octanol–water partition coefficient (Wildman–Crippen LogP) is 7.09. The Bertz CT molecular complexity index is 1040. The summed E-state index contributed by atoms with van der Waals surface area (Å²) in [7, 11) is 0. The van der Waals surface area contributed by atoms with Gasteiger partial charge in [-0.15, -0.1) is 0 Å². The van der Waals surface area contributed by atoms with Crippen molar-refractivity contribution in [2.75, 3.05) is 11.9 Å². The van der Waals surface area contributed by atoms with Gasteiger partial charge in [-0.05, 0) is 43.7 Å². The lowest BCUT2D eigenvalue weighted by molar-refractivity contribution is -0.438. The molecule has 4 rings (SSSR count). The molecular weight excluding hydrogens is 388 g/mol. The maximum atomic E-state index is 6.58. The lowest BCUT2D eigenvalue weighted by Crippen LogP contribution is -2.27. The van der Waals surface area contributed by atoms with Gasteiger partial charge in [0.05, 0.1) is 5.41 Å². The summed E-state index contributed by atoms with van der Waals surface area (Å²) in [6, 6.07) is 17.2. The maximum absolute atomic E-state index is 6.58. The van der Waals surface area contributed by atoms with Crippen molar-refractivity contribution in [3.05, 3.63) is 94.7 Å². The van der Waals surface area contributed by atoms with Gasteiger partial charge in [0.15, 0.2) is 5.71 Å². The van der Waals surface area contributed by atoms with Gasteiger partial charge in [-0.2, -0.15) is 4.58 Å². The van der Waals surface area contributed by atoms with Crippen molar-refractivity contribution in [3.8, 4) is 0 Å². The molecule has 1 N–H and O–H groups in total. The Morgan fingerprint density at radius 3 is 2.70 bits per heavy atom. The summed E-state index contributed by atoms with van der Waals surface area (Å²) in [4.78, 5) is 0. The van der Waals surface area contributed by atoms with Crippen LogP contribution in [-0.4, -0.2) is 16.8 Å². The minimum Gasteiger partial charge on any atom is -0.358 e. The molecule has 0 aromatic heterocycles. The third kappa shape index (κ3) is 4.02. The first-order chi connectivity index (χ1) is 14.5. The number of benzene rings is 2. The molecule has 0 atom stereocenters. The summed E-state index contributed by atoms with van der Waals surface area (Å²) in [6.45, 7) is 7.88. The summed E-state index contributed by atoms with van der Waals surface area (Å²) in [5.74, 6) is 0. The van der Waals surface area contributed by atoms with Gasteiger partial charge in [0.1, 0.15) is 6.54 Å². The van der Waals surface area contributed by atoms with E-state index in [1.807, 2.05) is 12.2 Å². The van der Waals surface area contributed by atoms with E-state index in [9.17, 15) is 0 Å². The normalized spacial score (nSPS) is 18.8. The van der Waals surface area contributed by atoms with Crippen molar-refractivity contribution in [3.63, 3.8) is 0 Å². The van der Waals surface area contributed by atoms with Crippen LogP contribution in [0.25, 0.3) is 0 Å². The van der Waals surface area contributed by atoms with Crippen molar-refractivity contribution in [1.29, 1.82) is 0 Å². The number of allylic oxidation sites excluding steroid dienone is 6. The molecule has 0 fully saturated rings. The molecule has 2 aliphatic heterocycles. The van der Waals surface area contributed by atoms with Crippen LogP contribution < -0.4 is 5.32 Å². The molecule has 2 aromatic carbocycles. The molecule has 0 radical (unpaired) electrons. The van der Waals surface area contributed by atoms with Crippen LogP contribution in [0.4, 0.5) is 11.4 Å². The van der Waals surface area contributed by atoms with Gasteiger partial charge in [-0.25, -0.2) is 0 Å². The van der Waals surface area contributed by atoms with Crippen molar-refractivity contribution in [1.82, 2.24) is 0 Å². The zero-order chi connectivity index (χ0) is 21.1. The Kier molecular flexibility index (Phi) is 5.97. The van der Waals surface area contributed by atoms with Gasteiger partial charge in [-0.3, -0.25) is 0 Å². The molecule has 0 bridgehead atoms. The van der Waals surface area contributed by atoms with Gasteiger partial charge < -0.3 is 5.32 Å². The molecule has 0 saturated carbocycles. The van der Waals surface area contributed by atoms with Crippen molar-refractivity contribution in [2.45, 2.75) is 45.4 Å². The van der Waals surface area contributed by atoms with Gasteiger partial charge >= 0.3 is 0 Å². The molecule has 2 nitrogen and oxygen atoms in total. The third-order valence-electron chi connectivity index (χ3n) is 6.07. The fourth-order valence-corrected chi connectivity index (χ4v) is 4.54. The molecule has 0 amide bonds. The number of halogens is 1. The van der Waals surface area contributed by atoms with Crippen LogP contribution in [-0.2, 0) is 11.8 Å². The number of fused-ring (bicyclic) bond motifs is 2. The fraction of sp³-hybridized carbons (Fsp3) is 0.296. The molecule has 2 aliphatic rings. The fourth-order valence-electron chi connectivity index (χ4n) is 4.41. The number of para-hydroxylation sites is 2. The molecule has 2 aromatic rings. The monoisotopic (exact) mass is 417 g/mol. The second-order valence-electron chi connectivity index (χ2n) is 8.57. The van der Waals surface area contributed by atoms with E-state index in [4.69, 9.17) is 11.6 Å². The van der Waals surface area contributed by atoms with E-state index in [1.54, 1.807) is 0 Å². The Morgan fingerprint density at radius 1 is 1.13 bits per heavy atom. The summed E-state index contributed by atoms with van der Waals surface area (Å²) in [6.07, 6.45) is 11.6. The van der Waals surface area contributed by atoms with Crippen molar-refractivity contribution in [2.24, 2.45) is 0 Å². The highest BCUT2D eigenvalue weighted by atomic mass is 35.5. The first-order valence-electron chi connectivity index (χ1n) is 10.8. The lowest BCUT2D eigenvalue weighted by atomic mass is 9.81. The van der Waals surface area contributed by atoms with Gasteiger partial charge in [0, 0.05) is 47.0 Å². The highest BCUT2D eigenvalue weighted by molar-refractivity contribution is 6.31. The molecule has 2 heterocycles. The first-order valence-corrected chi connectivity index (χ1v) is 11.2. The number of rotatable bonds is 6. The summed E-state index contributed by atoms with van der Waals surface area (Å²) in [5, 5.41) is 4.19. The molecule has 3 heteroatoms. The summed E-state index contributed by atoms with van der Waals surface area (Å²) in [5.41, 5.74) is 7.68. The molecule has 0 aliphatic carbocycles. The number of hydrogen-bond acceptors (Lipinski definition) is 1. The molecule has 30 heavy (non-hydrogen) atoms. The zero-order valence-electron chi connectivity index (χ0n) is 18.1. The highest BCUT2D eigenvalue weighted by Crippen LogP contribution is 2.40. The Labute approximate surface area is 185 Å². The van der Waals surface area contributed by atoms with E-state index in [2.05, 4.69) is 91.3 Å². The van der Waals surface area contributed by atoms with E-state index >= 15 is 0 Å². The van der Waals surface area contributed by atoms with Crippen LogP contribution in [0.2, 0.25) is 0 Å². The van der Waals surface area contributed by atoms with E-state index in [1.165, 1.54) is 46.8 Å². The van der Waals surface area contributed by atoms with E-state index in [0.717, 1.165) is 18.0 Å². The van der Waals surface area contributed by atoms with Crippen molar-refractivity contribution < 1.29 is 4.58 Å². The Morgan fingerprint density at radius 2 is 1.90 bits per heavy atom. The Balaban J connectivity index is 1.57. The zero-order valence-corrected chi connectivity index (χ0v) is 18.8. The number of nitrogens with zero attached hydrogens (tertiary/aromatic N) is 1. The summed E-state index contributed by atoms with van der Waals surface area (Å²) >= 11 is 6.58. The standard InChI is InChI=1S/C27H29ClN2/c1-4-5-18-30-25-13-9-7-11-23(25)27(2,3)26(30)17-15-21(28)14-16-22-19-20-10-6-8-12-24(20)29-22/h6-17H,4-5,18-19H2,1-3H3/p+1. The first kappa shape index (κ1) is 20.7. The minimum atomic E-state index is -0.0366. The average molecular weight is 418 g/mol. The number of hydrogen-bond donors (Lipinski definition) is 1. The average Bonchev–Trinajstić information content (AvgIpc) is 3.26. The van der Waals surface area contributed by atoms with Crippen LogP contribution in [0.5, 0.6) is 0 Å². The van der Waals surface area contributed by atoms with Gasteiger partial charge in [-0.1, -0.05) is 61.3 Å². The second-order valence-corrected chi connectivity index (χ2v) is 9.00. The number of unbranched alkanes of at least 4 members (excludes halogenated alkanes) is 1. The van der Waals surface area contributed by atoms with Crippen LogP contribution in [0.1, 0.15) is 44.7 Å².